The fourth-order valence-corrected chi connectivity index (χ4v) is 2.49. The molecule has 4 nitrogen and oxygen atoms in total. The third-order valence-electron chi connectivity index (χ3n) is 3.65. The van der Waals surface area contributed by atoms with Crippen LogP contribution in [-0.2, 0) is 16.1 Å². The predicted molar refractivity (Wildman–Crippen MR) is 82.9 cm³/mol. The molecule has 0 atom stereocenters. The summed E-state index contributed by atoms with van der Waals surface area (Å²) in [5.41, 5.74) is 1.65. The van der Waals surface area contributed by atoms with Crippen LogP contribution < -0.4 is 0 Å². The van der Waals surface area contributed by atoms with Crippen molar-refractivity contribution in [3.63, 3.8) is 0 Å². The van der Waals surface area contributed by atoms with Gasteiger partial charge in [-0.15, -0.1) is 0 Å². The van der Waals surface area contributed by atoms with Crippen LogP contribution in [0.1, 0.15) is 11.1 Å². The molecule has 1 saturated heterocycles. The van der Waals surface area contributed by atoms with E-state index in [0.717, 1.165) is 5.56 Å². The fraction of sp³-hybridized carbons (Fsp3) is 0.111. The van der Waals surface area contributed by atoms with Gasteiger partial charge >= 0.3 is 0 Å². The van der Waals surface area contributed by atoms with Gasteiger partial charge in [-0.3, -0.25) is 9.59 Å². The van der Waals surface area contributed by atoms with E-state index >= 15 is 0 Å². The molecule has 0 unspecified atom stereocenters. The fourth-order valence-electron chi connectivity index (χ4n) is 2.49. The number of hydrogen-bond donors (Lipinski definition) is 1. The lowest BCUT2D eigenvalue weighted by Crippen LogP contribution is -2.26. The lowest BCUT2D eigenvalue weighted by Gasteiger charge is -2.14. The standard InChI is InChI=1S/C18H15NO3/c20-16(14-9-5-2-6-10-14)15-12-19(18(22)17(15)21)11-13-7-3-1-4-8-13/h1-10,20H,11-12H2/b16-15+. The molecule has 1 aliphatic heterocycles. The average molecular weight is 293 g/mol. The summed E-state index contributed by atoms with van der Waals surface area (Å²) in [4.78, 5) is 25.6. The molecular formula is C18H15NO3. The third kappa shape index (κ3) is 2.63. The number of aliphatic hydroxyl groups is 1. The van der Waals surface area contributed by atoms with Gasteiger partial charge in [0.05, 0.1) is 12.1 Å². The van der Waals surface area contributed by atoms with Gasteiger partial charge in [0.25, 0.3) is 11.7 Å². The average Bonchev–Trinajstić information content (AvgIpc) is 2.84. The van der Waals surface area contributed by atoms with E-state index in [1.54, 1.807) is 24.3 Å². The first-order valence-electron chi connectivity index (χ1n) is 7.02. The molecule has 0 spiro atoms. The highest BCUT2D eigenvalue weighted by atomic mass is 16.3. The van der Waals surface area contributed by atoms with Crippen LogP contribution in [-0.4, -0.2) is 28.2 Å². The highest BCUT2D eigenvalue weighted by molar-refractivity contribution is 6.46. The smallest absolute Gasteiger partial charge is 0.295 e. The van der Waals surface area contributed by atoms with Gasteiger partial charge in [0, 0.05) is 12.1 Å². The van der Waals surface area contributed by atoms with Crippen molar-refractivity contribution in [2.75, 3.05) is 6.54 Å². The maximum absolute atomic E-state index is 12.1. The molecule has 0 bridgehead atoms. The van der Waals surface area contributed by atoms with Crippen LogP contribution in [0.25, 0.3) is 5.76 Å². The van der Waals surface area contributed by atoms with Gasteiger partial charge < -0.3 is 10.0 Å². The Morgan fingerprint density at radius 3 is 2.18 bits per heavy atom. The summed E-state index contributed by atoms with van der Waals surface area (Å²) >= 11 is 0. The number of nitrogens with zero attached hydrogens (tertiary/aromatic N) is 1. The van der Waals surface area contributed by atoms with Gasteiger partial charge in [-0.25, -0.2) is 0 Å². The van der Waals surface area contributed by atoms with E-state index in [1.807, 2.05) is 36.4 Å². The normalized spacial score (nSPS) is 17.0. The van der Waals surface area contributed by atoms with Crippen molar-refractivity contribution < 1.29 is 14.7 Å². The Morgan fingerprint density at radius 1 is 0.955 bits per heavy atom. The van der Waals surface area contributed by atoms with Gasteiger partial charge in [0.1, 0.15) is 5.76 Å². The van der Waals surface area contributed by atoms with Crippen LogP contribution >= 0.6 is 0 Å². The zero-order valence-electron chi connectivity index (χ0n) is 11.9. The Bertz CT molecular complexity index is 735. The highest BCUT2D eigenvalue weighted by Crippen LogP contribution is 2.24. The summed E-state index contributed by atoms with van der Waals surface area (Å²) in [7, 11) is 0. The first-order chi connectivity index (χ1) is 10.7. The Balaban J connectivity index is 1.87. The summed E-state index contributed by atoms with van der Waals surface area (Å²) in [5, 5.41) is 10.3. The number of amides is 1. The van der Waals surface area contributed by atoms with Gasteiger partial charge in [-0.05, 0) is 5.56 Å². The quantitative estimate of drug-likeness (QED) is 0.537. The number of likely N-dealkylation sites (tertiary alicyclic amines) is 1. The van der Waals surface area contributed by atoms with Crippen LogP contribution in [0.4, 0.5) is 0 Å². The number of hydrogen-bond acceptors (Lipinski definition) is 3. The molecule has 0 aromatic heterocycles. The summed E-state index contributed by atoms with van der Waals surface area (Å²) in [6.45, 7) is 0.490. The van der Waals surface area contributed by atoms with Gasteiger partial charge in [-0.1, -0.05) is 60.7 Å². The van der Waals surface area contributed by atoms with E-state index in [0.29, 0.717) is 12.1 Å². The molecule has 22 heavy (non-hydrogen) atoms. The van der Waals surface area contributed by atoms with E-state index in [4.69, 9.17) is 0 Å². The monoisotopic (exact) mass is 293 g/mol. The molecule has 0 radical (unpaired) electrons. The summed E-state index contributed by atoms with van der Waals surface area (Å²) in [5.74, 6) is -1.31. The number of rotatable bonds is 3. The zero-order valence-corrected chi connectivity index (χ0v) is 11.9. The van der Waals surface area contributed by atoms with Crippen molar-refractivity contribution in [1.29, 1.82) is 0 Å². The molecule has 110 valence electrons. The Kier molecular flexibility index (Phi) is 3.74. The minimum atomic E-state index is -0.628. The summed E-state index contributed by atoms with van der Waals surface area (Å²) < 4.78 is 0. The lowest BCUT2D eigenvalue weighted by atomic mass is 10.1. The number of ketones is 1. The zero-order chi connectivity index (χ0) is 15.5. The molecule has 3 rings (SSSR count). The maximum Gasteiger partial charge on any atom is 0.295 e. The Morgan fingerprint density at radius 2 is 1.55 bits per heavy atom. The van der Waals surface area contributed by atoms with Crippen LogP contribution in [0, 0.1) is 0 Å². The minimum absolute atomic E-state index is 0.116. The SMILES string of the molecule is O=C1C(=O)N(Cc2ccccc2)C/C1=C(\O)c1ccccc1. The van der Waals surface area contributed by atoms with Crippen molar-refractivity contribution in [1.82, 2.24) is 4.90 Å². The second-order valence-corrected chi connectivity index (χ2v) is 5.17. The number of Topliss-reactive ketones (excluding diaryl/α,β-unsaturated/α-hetero) is 1. The molecule has 1 N–H and O–H groups in total. The summed E-state index contributed by atoms with van der Waals surface area (Å²) in [6, 6.07) is 18.3. The molecule has 1 amide bonds. The molecular weight excluding hydrogens is 278 g/mol. The van der Waals surface area contributed by atoms with Crippen molar-refractivity contribution in [3.8, 4) is 0 Å². The molecule has 0 aliphatic carbocycles. The minimum Gasteiger partial charge on any atom is -0.507 e. The lowest BCUT2D eigenvalue weighted by molar-refractivity contribution is -0.139. The molecule has 4 heteroatoms. The molecule has 1 fully saturated rings. The topological polar surface area (TPSA) is 57.6 Å². The van der Waals surface area contributed by atoms with E-state index in [-0.39, 0.29) is 17.9 Å². The second-order valence-electron chi connectivity index (χ2n) is 5.17. The van der Waals surface area contributed by atoms with E-state index in [9.17, 15) is 14.7 Å². The van der Waals surface area contributed by atoms with Crippen LogP contribution in [0.15, 0.2) is 66.2 Å². The third-order valence-corrected chi connectivity index (χ3v) is 3.65. The van der Waals surface area contributed by atoms with Gasteiger partial charge in [-0.2, -0.15) is 0 Å². The summed E-state index contributed by atoms with van der Waals surface area (Å²) in [6.07, 6.45) is 0. The largest absolute Gasteiger partial charge is 0.507 e. The molecule has 1 aliphatic rings. The van der Waals surface area contributed by atoms with Gasteiger partial charge in [0.2, 0.25) is 0 Å². The van der Waals surface area contributed by atoms with Crippen LogP contribution in [0.5, 0.6) is 0 Å². The van der Waals surface area contributed by atoms with E-state index in [1.165, 1.54) is 4.90 Å². The number of aliphatic hydroxyl groups excluding tert-OH is 1. The van der Waals surface area contributed by atoms with Crippen molar-refractivity contribution >= 4 is 17.4 Å². The number of benzene rings is 2. The molecule has 2 aromatic carbocycles. The van der Waals surface area contributed by atoms with Crippen LogP contribution in [0.2, 0.25) is 0 Å². The van der Waals surface area contributed by atoms with Crippen molar-refractivity contribution in [2.45, 2.75) is 6.54 Å². The number of carbonyl (C=O) groups is 2. The predicted octanol–water partition coefficient (Wildman–Crippen LogP) is 2.57. The molecule has 0 saturated carbocycles. The molecule has 1 heterocycles. The first kappa shape index (κ1) is 14.1. The van der Waals surface area contributed by atoms with Gasteiger partial charge in [0.15, 0.2) is 0 Å². The second kappa shape index (κ2) is 5.85. The van der Waals surface area contributed by atoms with Crippen LogP contribution in [0.3, 0.4) is 0 Å². The highest BCUT2D eigenvalue weighted by Gasteiger charge is 2.36. The maximum atomic E-state index is 12.1. The first-order valence-corrected chi connectivity index (χ1v) is 7.02. The Labute approximate surface area is 128 Å². The molecule has 2 aromatic rings. The van der Waals surface area contributed by atoms with E-state index < -0.39 is 11.7 Å². The van der Waals surface area contributed by atoms with Crippen molar-refractivity contribution in [2.24, 2.45) is 0 Å². The number of carbonyl (C=O) groups excluding carboxylic acids is 2. The van der Waals surface area contributed by atoms with E-state index in [2.05, 4.69) is 0 Å². The van der Waals surface area contributed by atoms with Crippen molar-refractivity contribution in [3.05, 3.63) is 77.4 Å². The Hall–Kier alpha value is -2.88.